The van der Waals surface area contributed by atoms with Crippen molar-refractivity contribution in [2.24, 2.45) is 0 Å². The zero-order chi connectivity index (χ0) is 19.0. The first kappa shape index (κ1) is 17.3. The molecule has 0 fully saturated rings. The number of aryl methyl sites for hydroxylation is 2. The van der Waals surface area contributed by atoms with E-state index in [0.717, 1.165) is 22.3 Å². The molecule has 0 aliphatic rings. The Hall–Kier alpha value is -3.12. The van der Waals surface area contributed by atoms with Crippen LogP contribution in [-0.2, 0) is 10.0 Å². The molecule has 0 atom stereocenters. The van der Waals surface area contributed by atoms with Gasteiger partial charge in [0.05, 0.1) is 21.6 Å². The Morgan fingerprint density at radius 3 is 2.15 bits per heavy atom. The fraction of sp³-hybridized carbons (Fsp3) is 0.0952. The van der Waals surface area contributed by atoms with Crippen molar-refractivity contribution in [2.45, 2.75) is 18.7 Å². The first-order valence-corrected chi connectivity index (χ1v) is 10.0. The quantitative estimate of drug-likeness (QED) is 0.572. The minimum Gasteiger partial charge on any atom is -0.299 e. The summed E-state index contributed by atoms with van der Waals surface area (Å²) < 4.78 is 29.7. The second-order valence-electron chi connectivity index (χ2n) is 6.57. The highest BCUT2D eigenvalue weighted by atomic mass is 32.2. The number of fused-ring (bicyclic) bond motifs is 1. The Labute approximate surface area is 158 Å². The number of sulfonamides is 1. The lowest BCUT2D eigenvalue weighted by Crippen LogP contribution is -2.12. The fourth-order valence-corrected chi connectivity index (χ4v) is 3.97. The molecular weight excluding hydrogens is 358 g/mol. The molecule has 1 aromatic heterocycles. The molecule has 0 amide bonds. The number of aromatic nitrogens is 2. The van der Waals surface area contributed by atoms with Crippen molar-refractivity contribution >= 4 is 26.7 Å². The second-order valence-corrected chi connectivity index (χ2v) is 8.25. The van der Waals surface area contributed by atoms with Crippen molar-refractivity contribution < 1.29 is 8.42 Å². The molecule has 0 aliphatic heterocycles. The van der Waals surface area contributed by atoms with E-state index in [-0.39, 0.29) is 4.90 Å². The third kappa shape index (κ3) is 3.44. The summed E-state index contributed by atoms with van der Waals surface area (Å²) in [6.45, 7) is 3.96. The molecule has 1 heterocycles. The number of hydrogen-bond donors (Lipinski definition) is 1. The molecular formula is C21H19N3O2S. The molecule has 0 saturated carbocycles. The van der Waals surface area contributed by atoms with Crippen LogP contribution in [0.2, 0.25) is 0 Å². The Bertz CT molecular complexity index is 1210. The second kappa shape index (κ2) is 6.55. The minimum atomic E-state index is -3.63. The van der Waals surface area contributed by atoms with E-state index >= 15 is 0 Å². The van der Waals surface area contributed by atoms with Gasteiger partial charge in [-0.1, -0.05) is 35.4 Å². The van der Waals surface area contributed by atoms with Gasteiger partial charge >= 0.3 is 0 Å². The van der Waals surface area contributed by atoms with Crippen molar-refractivity contribution in [3.8, 4) is 5.69 Å². The van der Waals surface area contributed by atoms with Crippen LogP contribution in [-0.4, -0.2) is 18.0 Å². The van der Waals surface area contributed by atoms with Gasteiger partial charge in [0.25, 0.3) is 10.0 Å². The number of nitrogens with one attached hydrogen (secondary N) is 1. The van der Waals surface area contributed by atoms with E-state index in [1.165, 1.54) is 5.56 Å². The molecule has 0 unspecified atom stereocenters. The zero-order valence-corrected chi connectivity index (χ0v) is 15.9. The Morgan fingerprint density at radius 2 is 1.48 bits per heavy atom. The predicted molar refractivity (Wildman–Crippen MR) is 108 cm³/mol. The summed E-state index contributed by atoms with van der Waals surface area (Å²) in [6.07, 6.45) is 1.74. The molecule has 4 aromatic rings. The number of imidazole rings is 1. The lowest BCUT2D eigenvalue weighted by Gasteiger charge is -2.09. The summed E-state index contributed by atoms with van der Waals surface area (Å²) in [5.74, 6) is 0. The molecule has 5 nitrogen and oxygen atoms in total. The van der Waals surface area contributed by atoms with Gasteiger partial charge in [-0.2, -0.15) is 0 Å². The van der Waals surface area contributed by atoms with Crippen molar-refractivity contribution in [1.29, 1.82) is 0 Å². The standard InChI is InChI=1S/C21H19N3O2S/c1-15-3-8-18(9-4-15)24-14-22-20-13-17(7-12-21(20)24)23-27(25,26)19-10-5-16(2)6-11-19/h3-14,23H,1-2H3. The van der Waals surface area contributed by atoms with Crippen molar-refractivity contribution in [3.05, 3.63) is 84.2 Å². The molecule has 0 radical (unpaired) electrons. The van der Waals surface area contributed by atoms with Gasteiger partial charge < -0.3 is 0 Å². The van der Waals surface area contributed by atoms with Crippen LogP contribution in [0, 0.1) is 13.8 Å². The average molecular weight is 377 g/mol. The lowest BCUT2D eigenvalue weighted by atomic mass is 10.2. The third-order valence-corrected chi connectivity index (χ3v) is 5.84. The monoisotopic (exact) mass is 377 g/mol. The maximum atomic E-state index is 12.6. The molecule has 1 N–H and O–H groups in total. The zero-order valence-electron chi connectivity index (χ0n) is 15.0. The van der Waals surface area contributed by atoms with Crippen LogP contribution in [0.5, 0.6) is 0 Å². The number of hydrogen-bond acceptors (Lipinski definition) is 3. The molecule has 6 heteroatoms. The van der Waals surface area contributed by atoms with E-state index in [4.69, 9.17) is 0 Å². The van der Waals surface area contributed by atoms with Crippen LogP contribution in [0.15, 0.2) is 78.0 Å². The molecule has 0 aliphatic carbocycles. The number of nitrogens with zero attached hydrogens (tertiary/aromatic N) is 2. The normalized spacial score (nSPS) is 11.6. The fourth-order valence-electron chi connectivity index (χ4n) is 2.92. The molecule has 4 rings (SSSR count). The molecule has 3 aromatic carbocycles. The molecule has 0 saturated heterocycles. The lowest BCUT2D eigenvalue weighted by molar-refractivity contribution is 0.601. The Morgan fingerprint density at radius 1 is 0.852 bits per heavy atom. The maximum absolute atomic E-state index is 12.6. The smallest absolute Gasteiger partial charge is 0.261 e. The van der Waals surface area contributed by atoms with Crippen LogP contribution in [0.25, 0.3) is 16.7 Å². The SMILES string of the molecule is Cc1ccc(-n2cnc3cc(NS(=O)(=O)c4ccc(C)cc4)ccc32)cc1. The summed E-state index contributed by atoms with van der Waals surface area (Å²) >= 11 is 0. The minimum absolute atomic E-state index is 0.235. The van der Waals surface area contributed by atoms with Gasteiger partial charge in [-0.05, 0) is 56.3 Å². The van der Waals surface area contributed by atoms with Crippen LogP contribution in [0.1, 0.15) is 11.1 Å². The average Bonchev–Trinajstić information content (AvgIpc) is 3.05. The number of anilines is 1. The van der Waals surface area contributed by atoms with E-state index in [1.807, 2.05) is 48.7 Å². The van der Waals surface area contributed by atoms with Gasteiger partial charge in [0.2, 0.25) is 0 Å². The summed E-state index contributed by atoms with van der Waals surface area (Å²) in [6, 6.07) is 20.3. The maximum Gasteiger partial charge on any atom is 0.261 e. The molecule has 27 heavy (non-hydrogen) atoms. The predicted octanol–water partition coefficient (Wildman–Crippen LogP) is 4.44. The Balaban J connectivity index is 1.66. The van der Waals surface area contributed by atoms with E-state index in [9.17, 15) is 8.42 Å². The first-order chi connectivity index (χ1) is 12.9. The van der Waals surface area contributed by atoms with Crippen molar-refractivity contribution in [1.82, 2.24) is 9.55 Å². The third-order valence-electron chi connectivity index (χ3n) is 4.44. The topological polar surface area (TPSA) is 64.0 Å². The molecule has 0 spiro atoms. The van der Waals surface area contributed by atoms with Gasteiger partial charge in [0, 0.05) is 5.69 Å². The number of rotatable bonds is 4. The van der Waals surface area contributed by atoms with Crippen molar-refractivity contribution in [3.63, 3.8) is 0 Å². The van der Waals surface area contributed by atoms with Gasteiger partial charge in [-0.25, -0.2) is 13.4 Å². The summed E-state index contributed by atoms with van der Waals surface area (Å²) in [4.78, 5) is 4.66. The van der Waals surface area contributed by atoms with E-state index in [1.54, 1.807) is 42.7 Å². The summed E-state index contributed by atoms with van der Waals surface area (Å²) in [5, 5.41) is 0. The van der Waals surface area contributed by atoms with Crippen LogP contribution in [0.4, 0.5) is 5.69 Å². The van der Waals surface area contributed by atoms with Crippen LogP contribution in [0.3, 0.4) is 0 Å². The highest BCUT2D eigenvalue weighted by Gasteiger charge is 2.15. The number of benzene rings is 3. The van der Waals surface area contributed by atoms with Crippen LogP contribution >= 0.6 is 0 Å². The molecule has 136 valence electrons. The Kier molecular flexibility index (Phi) is 4.20. The van der Waals surface area contributed by atoms with Gasteiger partial charge in [-0.15, -0.1) is 0 Å². The first-order valence-electron chi connectivity index (χ1n) is 8.56. The van der Waals surface area contributed by atoms with E-state index in [0.29, 0.717) is 5.69 Å². The largest absolute Gasteiger partial charge is 0.299 e. The van der Waals surface area contributed by atoms with Gasteiger partial charge in [0.1, 0.15) is 6.33 Å². The summed E-state index contributed by atoms with van der Waals surface area (Å²) in [7, 11) is -3.63. The van der Waals surface area contributed by atoms with Crippen molar-refractivity contribution in [2.75, 3.05) is 4.72 Å². The highest BCUT2D eigenvalue weighted by molar-refractivity contribution is 7.92. The van der Waals surface area contributed by atoms with E-state index in [2.05, 4.69) is 9.71 Å². The van der Waals surface area contributed by atoms with E-state index < -0.39 is 10.0 Å². The van der Waals surface area contributed by atoms with Gasteiger partial charge in [-0.3, -0.25) is 9.29 Å². The van der Waals surface area contributed by atoms with Crippen LogP contribution < -0.4 is 4.72 Å². The summed E-state index contributed by atoms with van der Waals surface area (Å²) in [5.41, 5.74) is 5.33. The highest BCUT2D eigenvalue weighted by Crippen LogP contribution is 2.23. The van der Waals surface area contributed by atoms with Gasteiger partial charge in [0.15, 0.2) is 0 Å². The molecule has 0 bridgehead atoms.